The minimum absolute atomic E-state index is 0.0558. The molecule has 3 nitrogen and oxygen atoms in total. The molecule has 3 heteroatoms. The largest absolute Gasteiger partial charge is 0.491 e. The molecule has 0 unspecified atom stereocenters. The van der Waals surface area contributed by atoms with E-state index in [0.717, 1.165) is 5.75 Å². The second kappa shape index (κ2) is 6.28. The van der Waals surface area contributed by atoms with Gasteiger partial charge >= 0.3 is 0 Å². The van der Waals surface area contributed by atoms with Crippen LogP contribution in [0.5, 0.6) is 5.75 Å². The Kier molecular flexibility index (Phi) is 4.99. The number of rotatable bonds is 6. The monoisotopic (exact) mass is 222 g/mol. The highest BCUT2D eigenvalue weighted by molar-refractivity contribution is 5.96. The third-order valence-electron chi connectivity index (χ3n) is 2.11. The highest BCUT2D eigenvalue weighted by Gasteiger charge is 2.05. The van der Waals surface area contributed by atoms with Crippen molar-refractivity contribution in [2.75, 3.05) is 6.61 Å². The molecule has 0 amide bonds. The van der Waals surface area contributed by atoms with Crippen LogP contribution >= 0.6 is 0 Å². The zero-order valence-electron chi connectivity index (χ0n) is 9.77. The molecule has 0 aliphatic carbocycles. The first-order valence-electron chi connectivity index (χ1n) is 5.54. The molecule has 0 bridgehead atoms. The van der Waals surface area contributed by atoms with Gasteiger partial charge in [-0.1, -0.05) is 0 Å². The van der Waals surface area contributed by atoms with Crippen molar-refractivity contribution in [3.8, 4) is 5.75 Å². The summed E-state index contributed by atoms with van der Waals surface area (Å²) in [7, 11) is 0. The maximum atomic E-state index is 11.6. The van der Waals surface area contributed by atoms with Gasteiger partial charge in [0.05, 0.1) is 6.10 Å². The maximum absolute atomic E-state index is 11.6. The maximum Gasteiger partial charge on any atom is 0.162 e. The fourth-order valence-electron chi connectivity index (χ4n) is 1.38. The lowest BCUT2D eigenvalue weighted by Crippen LogP contribution is -2.06. The summed E-state index contributed by atoms with van der Waals surface area (Å²) in [5.74, 6) is 0.832. The molecule has 0 radical (unpaired) electrons. The molecule has 1 aromatic carbocycles. The fraction of sp³-hybridized carbons (Fsp3) is 0.462. The first-order chi connectivity index (χ1) is 7.63. The number of benzene rings is 1. The molecule has 0 fully saturated rings. The summed E-state index contributed by atoms with van der Waals surface area (Å²) in [6.07, 6.45) is 1.04. The molecular formula is C13H18O3. The number of ether oxygens (including phenoxy) is 1. The van der Waals surface area contributed by atoms with Gasteiger partial charge in [-0.3, -0.25) is 4.79 Å². The van der Waals surface area contributed by atoms with Gasteiger partial charge in [0.25, 0.3) is 0 Å². The average molecular weight is 222 g/mol. The zero-order chi connectivity index (χ0) is 12.0. The molecule has 0 aliphatic heterocycles. The summed E-state index contributed by atoms with van der Waals surface area (Å²) in [5, 5.41) is 8.63. The minimum atomic E-state index is 0.0558. The molecular weight excluding hydrogens is 204 g/mol. The Balaban J connectivity index is 2.60. The number of aliphatic hydroxyl groups excluding tert-OH is 1. The number of carbonyl (C=O) groups is 1. The lowest BCUT2D eigenvalue weighted by Gasteiger charge is -2.09. The van der Waals surface area contributed by atoms with Crippen molar-refractivity contribution >= 4 is 5.78 Å². The molecule has 88 valence electrons. The molecule has 0 saturated carbocycles. The zero-order valence-corrected chi connectivity index (χ0v) is 9.77. The summed E-state index contributed by atoms with van der Waals surface area (Å²) in [6, 6.07) is 7.12. The summed E-state index contributed by atoms with van der Waals surface area (Å²) >= 11 is 0. The van der Waals surface area contributed by atoms with E-state index < -0.39 is 0 Å². The van der Waals surface area contributed by atoms with E-state index in [0.29, 0.717) is 18.4 Å². The molecule has 1 aromatic rings. The van der Waals surface area contributed by atoms with Gasteiger partial charge in [-0.25, -0.2) is 0 Å². The van der Waals surface area contributed by atoms with Crippen LogP contribution in [0.1, 0.15) is 37.0 Å². The third-order valence-corrected chi connectivity index (χ3v) is 2.11. The van der Waals surface area contributed by atoms with E-state index in [1.165, 1.54) is 0 Å². The fourth-order valence-corrected chi connectivity index (χ4v) is 1.38. The Morgan fingerprint density at radius 1 is 1.31 bits per heavy atom. The van der Waals surface area contributed by atoms with Crippen molar-refractivity contribution < 1.29 is 14.6 Å². The van der Waals surface area contributed by atoms with Crippen molar-refractivity contribution in [3.05, 3.63) is 29.8 Å². The summed E-state index contributed by atoms with van der Waals surface area (Å²) in [4.78, 5) is 11.6. The molecule has 0 spiro atoms. The molecule has 1 N–H and O–H groups in total. The first kappa shape index (κ1) is 12.7. The molecule has 0 saturated heterocycles. The van der Waals surface area contributed by atoms with Crippen LogP contribution in [0.25, 0.3) is 0 Å². The van der Waals surface area contributed by atoms with Crippen LogP contribution < -0.4 is 4.74 Å². The van der Waals surface area contributed by atoms with Crippen LogP contribution in [0.15, 0.2) is 24.3 Å². The van der Waals surface area contributed by atoms with Crippen LogP contribution in [0.4, 0.5) is 0 Å². The van der Waals surface area contributed by atoms with Crippen molar-refractivity contribution in [1.82, 2.24) is 0 Å². The Hall–Kier alpha value is -1.35. The van der Waals surface area contributed by atoms with E-state index in [-0.39, 0.29) is 18.5 Å². The quantitative estimate of drug-likeness (QED) is 0.752. The van der Waals surface area contributed by atoms with E-state index >= 15 is 0 Å². The van der Waals surface area contributed by atoms with Gasteiger partial charge in [-0.15, -0.1) is 0 Å². The van der Waals surface area contributed by atoms with Gasteiger partial charge in [0.2, 0.25) is 0 Å². The Labute approximate surface area is 96.1 Å². The van der Waals surface area contributed by atoms with Crippen LogP contribution in [-0.2, 0) is 0 Å². The van der Waals surface area contributed by atoms with Crippen LogP contribution in [0.2, 0.25) is 0 Å². The highest BCUT2D eigenvalue weighted by Crippen LogP contribution is 2.15. The molecule has 0 heterocycles. The Morgan fingerprint density at radius 3 is 2.44 bits per heavy atom. The molecule has 0 aliphatic rings. The number of carbonyl (C=O) groups excluding carboxylic acids is 1. The van der Waals surface area contributed by atoms with Crippen LogP contribution in [0.3, 0.4) is 0 Å². The lowest BCUT2D eigenvalue weighted by molar-refractivity contribution is 0.0971. The third kappa shape index (κ3) is 4.03. The summed E-state index contributed by atoms with van der Waals surface area (Å²) in [6.45, 7) is 3.97. The van der Waals surface area contributed by atoms with E-state index in [4.69, 9.17) is 9.84 Å². The van der Waals surface area contributed by atoms with Gasteiger partial charge in [-0.2, -0.15) is 0 Å². The lowest BCUT2D eigenvalue weighted by atomic mass is 10.1. The molecule has 16 heavy (non-hydrogen) atoms. The van der Waals surface area contributed by atoms with E-state index in [2.05, 4.69) is 0 Å². The van der Waals surface area contributed by atoms with Crippen LogP contribution in [-0.4, -0.2) is 23.6 Å². The number of hydrogen-bond donors (Lipinski definition) is 1. The standard InChI is InChI=1S/C13H18O3/c1-10(2)16-12-7-5-11(6-8-12)13(15)4-3-9-14/h5-8,10,14H,3-4,9H2,1-2H3. The molecule has 0 aromatic heterocycles. The number of hydrogen-bond acceptors (Lipinski definition) is 3. The van der Waals surface area contributed by atoms with E-state index in [9.17, 15) is 4.79 Å². The Bertz CT molecular complexity index is 328. The number of ketones is 1. The second-order valence-corrected chi connectivity index (χ2v) is 3.94. The minimum Gasteiger partial charge on any atom is -0.491 e. The van der Waals surface area contributed by atoms with E-state index in [1.54, 1.807) is 24.3 Å². The Morgan fingerprint density at radius 2 is 1.94 bits per heavy atom. The SMILES string of the molecule is CC(C)Oc1ccc(C(=O)CCCO)cc1. The van der Waals surface area contributed by atoms with Crippen molar-refractivity contribution in [3.63, 3.8) is 0 Å². The van der Waals surface area contributed by atoms with Gasteiger partial charge < -0.3 is 9.84 Å². The van der Waals surface area contributed by atoms with E-state index in [1.807, 2.05) is 13.8 Å². The van der Waals surface area contributed by atoms with Crippen molar-refractivity contribution in [2.45, 2.75) is 32.8 Å². The van der Waals surface area contributed by atoms with Gasteiger partial charge in [0, 0.05) is 18.6 Å². The van der Waals surface area contributed by atoms with Gasteiger partial charge in [0.15, 0.2) is 5.78 Å². The molecule has 0 atom stereocenters. The van der Waals surface area contributed by atoms with Gasteiger partial charge in [-0.05, 0) is 44.5 Å². The topological polar surface area (TPSA) is 46.5 Å². The highest BCUT2D eigenvalue weighted by atomic mass is 16.5. The average Bonchev–Trinajstić information content (AvgIpc) is 2.26. The first-order valence-corrected chi connectivity index (χ1v) is 5.54. The predicted molar refractivity (Wildman–Crippen MR) is 62.9 cm³/mol. The second-order valence-electron chi connectivity index (χ2n) is 3.94. The van der Waals surface area contributed by atoms with Crippen LogP contribution in [0, 0.1) is 0 Å². The number of Topliss-reactive ketones (excluding diaryl/α,β-unsaturated/α-hetero) is 1. The summed E-state index contributed by atoms with van der Waals surface area (Å²) < 4.78 is 5.48. The van der Waals surface area contributed by atoms with Crippen molar-refractivity contribution in [2.24, 2.45) is 0 Å². The summed E-state index contributed by atoms with van der Waals surface area (Å²) in [5.41, 5.74) is 0.671. The smallest absolute Gasteiger partial charge is 0.162 e. The van der Waals surface area contributed by atoms with Crippen molar-refractivity contribution in [1.29, 1.82) is 0 Å². The van der Waals surface area contributed by atoms with Gasteiger partial charge in [0.1, 0.15) is 5.75 Å². The normalized spacial score (nSPS) is 10.5. The number of aliphatic hydroxyl groups is 1. The predicted octanol–water partition coefficient (Wildman–Crippen LogP) is 2.43. The molecule has 1 rings (SSSR count).